The highest BCUT2D eigenvalue weighted by Gasteiger charge is 2.14. The normalized spacial score (nSPS) is 10.2. The monoisotopic (exact) mass is 190 g/mol. The number of aliphatic hydroxyl groups excluding tert-OH is 1. The van der Waals surface area contributed by atoms with E-state index in [9.17, 15) is 0 Å². The number of aliphatic hydroxyl groups is 1. The number of aromatic hydroxyl groups is 3. The van der Waals surface area contributed by atoms with Gasteiger partial charge >= 0.3 is 0 Å². The molecule has 0 fully saturated rings. The van der Waals surface area contributed by atoms with Gasteiger partial charge in [-0.1, -0.05) is 11.6 Å². The van der Waals surface area contributed by atoms with Crippen molar-refractivity contribution in [2.45, 2.75) is 6.61 Å². The summed E-state index contributed by atoms with van der Waals surface area (Å²) in [6, 6.07) is 0.900. The van der Waals surface area contributed by atoms with E-state index in [0.29, 0.717) is 0 Å². The molecule has 66 valence electrons. The molecule has 0 saturated heterocycles. The van der Waals surface area contributed by atoms with Crippen LogP contribution in [0.15, 0.2) is 6.07 Å². The number of phenols is 3. The standard InChI is InChI=1S/C7H7ClO4/c8-6-3(2-9)7(12)5(11)1-4(6)10/h1,9-12H,2H2. The topological polar surface area (TPSA) is 80.9 Å². The van der Waals surface area contributed by atoms with E-state index in [2.05, 4.69) is 0 Å². The molecule has 0 aromatic heterocycles. The van der Waals surface area contributed by atoms with Crippen LogP contribution in [0.2, 0.25) is 5.02 Å². The number of benzene rings is 1. The molecule has 4 nitrogen and oxygen atoms in total. The molecule has 0 atom stereocenters. The molecule has 0 spiro atoms. The van der Waals surface area contributed by atoms with E-state index in [1.807, 2.05) is 0 Å². The Hall–Kier alpha value is -1.13. The molecule has 1 aromatic carbocycles. The van der Waals surface area contributed by atoms with Gasteiger partial charge in [0.1, 0.15) is 5.75 Å². The number of hydrogen-bond acceptors (Lipinski definition) is 4. The lowest BCUT2D eigenvalue weighted by molar-refractivity contribution is 0.272. The molecular formula is C7H7ClO4. The van der Waals surface area contributed by atoms with Crippen molar-refractivity contribution >= 4 is 11.6 Å². The summed E-state index contributed by atoms with van der Waals surface area (Å²) < 4.78 is 0. The summed E-state index contributed by atoms with van der Waals surface area (Å²) in [6.07, 6.45) is 0. The van der Waals surface area contributed by atoms with Crippen molar-refractivity contribution in [2.24, 2.45) is 0 Å². The van der Waals surface area contributed by atoms with Crippen molar-refractivity contribution in [1.29, 1.82) is 0 Å². The Balaban J connectivity index is 3.42. The fraction of sp³-hybridized carbons (Fsp3) is 0.143. The lowest BCUT2D eigenvalue weighted by Gasteiger charge is -2.06. The largest absolute Gasteiger partial charge is 0.506 e. The van der Waals surface area contributed by atoms with Gasteiger partial charge in [0.15, 0.2) is 11.5 Å². The number of phenolic OH excluding ortho intramolecular Hbond substituents is 2. The average Bonchev–Trinajstić information content (AvgIpc) is 2.02. The smallest absolute Gasteiger partial charge is 0.164 e. The fourth-order valence-electron chi connectivity index (χ4n) is 0.819. The summed E-state index contributed by atoms with van der Waals surface area (Å²) in [5.41, 5.74) is -0.0887. The van der Waals surface area contributed by atoms with Crippen molar-refractivity contribution < 1.29 is 20.4 Å². The Morgan fingerprint density at radius 2 is 1.75 bits per heavy atom. The maximum atomic E-state index is 9.10. The first-order valence-corrected chi connectivity index (χ1v) is 3.48. The van der Waals surface area contributed by atoms with Gasteiger partial charge in [0.2, 0.25) is 0 Å². The molecule has 12 heavy (non-hydrogen) atoms. The first-order chi connectivity index (χ1) is 5.57. The van der Waals surface area contributed by atoms with E-state index < -0.39 is 18.1 Å². The number of hydrogen-bond donors (Lipinski definition) is 4. The Morgan fingerprint density at radius 1 is 1.17 bits per heavy atom. The highest BCUT2D eigenvalue weighted by atomic mass is 35.5. The zero-order valence-corrected chi connectivity index (χ0v) is 6.71. The van der Waals surface area contributed by atoms with Gasteiger partial charge in [-0.25, -0.2) is 0 Å². The minimum Gasteiger partial charge on any atom is -0.506 e. The summed E-state index contributed by atoms with van der Waals surface area (Å²) >= 11 is 5.49. The van der Waals surface area contributed by atoms with E-state index in [1.165, 1.54) is 0 Å². The molecule has 0 amide bonds. The van der Waals surface area contributed by atoms with E-state index in [0.717, 1.165) is 6.07 Å². The summed E-state index contributed by atoms with van der Waals surface area (Å²) in [4.78, 5) is 0. The zero-order valence-electron chi connectivity index (χ0n) is 5.95. The van der Waals surface area contributed by atoms with Gasteiger partial charge in [-0.2, -0.15) is 0 Å². The van der Waals surface area contributed by atoms with E-state index >= 15 is 0 Å². The van der Waals surface area contributed by atoms with Crippen LogP contribution in [0.5, 0.6) is 17.2 Å². The van der Waals surface area contributed by atoms with Crippen LogP contribution in [0, 0.1) is 0 Å². The Kier molecular flexibility index (Phi) is 2.30. The van der Waals surface area contributed by atoms with Crippen LogP contribution in [0.25, 0.3) is 0 Å². The molecule has 1 aromatic rings. The molecule has 4 N–H and O–H groups in total. The van der Waals surface area contributed by atoms with Gasteiger partial charge < -0.3 is 20.4 Å². The van der Waals surface area contributed by atoms with Gasteiger partial charge in [0.05, 0.1) is 11.6 Å². The van der Waals surface area contributed by atoms with Gasteiger partial charge in [-0.05, 0) is 0 Å². The van der Waals surface area contributed by atoms with Gasteiger partial charge in [-0.15, -0.1) is 0 Å². The molecule has 0 saturated carbocycles. The van der Waals surface area contributed by atoms with Crippen LogP contribution in [0.1, 0.15) is 5.56 Å². The van der Waals surface area contributed by atoms with Crippen LogP contribution in [0.4, 0.5) is 0 Å². The fourth-order valence-corrected chi connectivity index (χ4v) is 1.02. The average molecular weight is 191 g/mol. The maximum absolute atomic E-state index is 9.10. The molecule has 5 heteroatoms. The molecule has 0 radical (unpaired) electrons. The third-order valence-electron chi connectivity index (χ3n) is 1.45. The Labute approximate surface area is 73.3 Å². The molecule has 0 aliphatic carbocycles. The van der Waals surface area contributed by atoms with Crippen LogP contribution >= 0.6 is 11.6 Å². The lowest BCUT2D eigenvalue weighted by atomic mass is 10.2. The highest BCUT2D eigenvalue weighted by molar-refractivity contribution is 6.33. The summed E-state index contributed by atoms with van der Waals surface area (Å²) in [7, 11) is 0. The summed E-state index contributed by atoms with van der Waals surface area (Å²) in [6.45, 7) is -0.549. The highest BCUT2D eigenvalue weighted by Crippen LogP contribution is 2.40. The second-order valence-electron chi connectivity index (χ2n) is 2.21. The van der Waals surface area contributed by atoms with Crippen LogP contribution in [0.3, 0.4) is 0 Å². The second kappa shape index (κ2) is 3.08. The number of halogens is 1. The van der Waals surface area contributed by atoms with Crippen LogP contribution < -0.4 is 0 Å². The molecule has 0 aliphatic heterocycles. The minimum absolute atomic E-state index is 0.0887. The van der Waals surface area contributed by atoms with Gasteiger partial charge in [0, 0.05) is 11.6 Å². The second-order valence-corrected chi connectivity index (χ2v) is 2.59. The Morgan fingerprint density at radius 3 is 2.25 bits per heavy atom. The van der Waals surface area contributed by atoms with Crippen LogP contribution in [-0.4, -0.2) is 20.4 Å². The third-order valence-corrected chi connectivity index (χ3v) is 1.87. The first kappa shape index (κ1) is 8.96. The first-order valence-electron chi connectivity index (χ1n) is 3.11. The quantitative estimate of drug-likeness (QED) is 0.393. The molecule has 0 heterocycles. The third kappa shape index (κ3) is 1.26. The van der Waals surface area contributed by atoms with Gasteiger partial charge in [-0.3, -0.25) is 0 Å². The summed E-state index contributed by atoms with van der Waals surface area (Å²) in [5, 5.41) is 35.6. The minimum atomic E-state index is -0.549. The predicted octanol–water partition coefficient (Wildman–Crippen LogP) is 0.949. The molecule has 0 aliphatic rings. The van der Waals surface area contributed by atoms with Crippen molar-refractivity contribution in [1.82, 2.24) is 0 Å². The summed E-state index contributed by atoms with van der Waals surface area (Å²) in [5.74, 6) is -1.41. The Bertz CT molecular complexity index is 285. The SMILES string of the molecule is OCc1c(O)c(O)cc(O)c1Cl. The van der Waals surface area contributed by atoms with Gasteiger partial charge in [0.25, 0.3) is 0 Å². The maximum Gasteiger partial charge on any atom is 0.164 e. The molecule has 0 unspecified atom stereocenters. The molecule has 1 rings (SSSR count). The van der Waals surface area contributed by atoms with E-state index in [4.69, 9.17) is 32.0 Å². The molecular weight excluding hydrogens is 184 g/mol. The predicted molar refractivity (Wildman–Crippen MR) is 42.4 cm³/mol. The lowest BCUT2D eigenvalue weighted by Crippen LogP contribution is -1.87. The molecule has 0 bridgehead atoms. The van der Waals surface area contributed by atoms with Crippen molar-refractivity contribution in [3.63, 3.8) is 0 Å². The van der Waals surface area contributed by atoms with Crippen LogP contribution in [-0.2, 0) is 6.61 Å². The van der Waals surface area contributed by atoms with E-state index in [-0.39, 0.29) is 16.3 Å². The van der Waals surface area contributed by atoms with Crippen molar-refractivity contribution in [2.75, 3.05) is 0 Å². The van der Waals surface area contributed by atoms with Crippen molar-refractivity contribution in [3.8, 4) is 17.2 Å². The zero-order chi connectivity index (χ0) is 9.30. The number of rotatable bonds is 1. The van der Waals surface area contributed by atoms with Crippen molar-refractivity contribution in [3.05, 3.63) is 16.7 Å². The van der Waals surface area contributed by atoms with E-state index in [1.54, 1.807) is 0 Å².